The second kappa shape index (κ2) is 5.00. The molecule has 0 aromatic heterocycles. The van der Waals surface area contributed by atoms with Crippen LogP contribution in [0.15, 0.2) is 0 Å². The predicted molar refractivity (Wildman–Crippen MR) is 61.8 cm³/mol. The van der Waals surface area contributed by atoms with E-state index >= 15 is 0 Å². The molecular formula is C10H20N2O3S. The summed E-state index contributed by atoms with van der Waals surface area (Å²) in [5.74, 6) is 0.606. The van der Waals surface area contributed by atoms with E-state index in [9.17, 15) is 8.42 Å². The molecular weight excluding hydrogens is 228 g/mol. The Labute approximate surface area is 97.2 Å². The maximum absolute atomic E-state index is 12.0. The van der Waals surface area contributed by atoms with Gasteiger partial charge in [-0.2, -0.15) is 4.31 Å². The molecule has 0 spiro atoms. The van der Waals surface area contributed by atoms with Crippen molar-refractivity contribution >= 4 is 10.0 Å². The van der Waals surface area contributed by atoms with Crippen LogP contribution >= 0.6 is 0 Å². The topological polar surface area (TPSA) is 58.6 Å². The van der Waals surface area contributed by atoms with Crippen molar-refractivity contribution in [2.24, 2.45) is 5.92 Å². The number of piperidine rings is 1. The fourth-order valence-corrected chi connectivity index (χ4v) is 3.99. The van der Waals surface area contributed by atoms with Gasteiger partial charge in [0, 0.05) is 26.2 Å². The first kappa shape index (κ1) is 12.3. The van der Waals surface area contributed by atoms with Crippen molar-refractivity contribution in [3.05, 3.63) is 0 Å². The summed E-state index contributed by atoms with van der Waals surface area (Å²) < 4.78 is 30.4. The van der Waals surface area contributed by atoms with E-state index in [2.05, 4.69) is 5.32 Å². The van der Waals surface area contributed by atoms with E-state index in [0.717, 1.165) is 19.4 Å². The summed E-state index contributed by atoms with van der Waals surface area (Å²) in [6.07, 6.45) is 2.31. The lowest BCUT2D eigenvalue weighted by Crippen LogP contribution is -2.41. The number of fused-ring (bicyclic) bond motifs is 1. The van der Waals surface area contributed by atoms with Crippen molar-refractivity contribution < 1.29 is 13.2 Å². The third kappa shape index (κ3) is 2.56. The van der Waals surface area contributed by atoms with E-state index in [1.165, 1.54) is 7.11 Å². The van der Waals surface area contributed by atoms with Gasteiger partial charge in [-0.1, -0.05) is 0 Å². The predicted octanol–water partition coefficient (Wildman–Crippen LogP) is -0.354. The van der Waals surface area contributed by atoms with E-state index in [-0.39, 0.29) is 12.4 Å². The second-order valence-corrected chi connectivity index (χ2v) is 6.68. The van der Waals surface area contributed by atoms with Crippen molar-refractivity contribution in [2.75, 3.05) is 39.1 Å². The van der Waals surface area contributed by atoms with Crippen molar-refractivity contribution in [3.63, 3.8) is 0 Å². The third-order valence-electron chi connectivity index (χ3n) is 3.50. The van der Waals surface area contributed by atoms with Gasteiger partial charge >= 0.3 is 0 Å². The highest BCUT2D eigenvalue weighted by atomic mass is 32.2. The molecule has 16 heavy (non-hydrogen) atoms. The number of rotatable bonds is 4. The molecule has 2 rings (SSSR count). The average Bonchev–Trinajstić information content (AvgIpc) is 2.71. The molecule has 2 fully saturated rings. The normalized spacial score (nSPS) is 31.6. The molecule has 0 radical (unpaired) electrons. The third-order valence-corrected chi connectivity index (χ3v) is 5.27. The fraction of sp³-hybridized carbons (Fsp3) is 1.00. The number of hydrogen-bond donors (Lipinski definition) is 1. The first-order chi connectivity index (χ1) is 7.63. The maximum Gasteiger partial charge on any atom is 0.216 e. The number of nitrogens with one attached hydrogen (secondary N) is 1. The highest BCUT2D eigenvalue weighted by Crippen LogP contribution is 2.26. The van der Waals surface area contributed by atoms with Crippen LogP contribution in [0.3, 0.4) is 0 Å². The first-order valence-electron chi connectivity index (χ1n) is 5.83. The summed E-state index contributed by atoms with van der Waals surface area (Å²) in [6.45, 7) is 2.62. The largest absolute Gasteiger partial charge is 0.384 e. The Morgan fingerprint density at radius 2 is 2.25 bits per heavy atom. The van der Waals surface area contributed by atoms with Gasteiger partial charge in [0.15, 0.2) is 0 Å². The lowest BCUT2D eigenvalue weighted by atomic mass is 9.94. The molecule has 0 aromatic carbocycles. The molecule has 2 unspecified atom stereocenters. The Morgan fingerprint density at radius 3 is 2.94 bits per heavy atom. The van der Waals surface area contributed by atoms with Crippen molar-refractivity contribution in [1.82, 2.24) is 9.62 Å². The number of nitrogens with zero attached hydrogens (tertiary/aromatic N) is 1. The minimum atomic E-state index is -3.11. The number of sulfonamides is 1. The van der Waals surface area contributed by atoms with Crippen LogP contribution in [0.25, 0.3) is 0 Å². The Morgan fingerprint density at radius 1 is 1.44 bits per heavy atom. The van der Waals surface area contributed by atoms with Crippen LogP contribution < -0.4 is 5.32 Å². The molecule has 6 heteroatoms. The molecule has 0 amide bonds. The fourth-order valence-electron chi connectivity index (χ4n) is 2.55. The zero-order valence-electron chi connectivity index (χ0n) is 9.68. The van der Waals surface area contributed by atoms with Crippen molar-refractivity contribution in [3.8, 4) is 0 Å². The number of ether oxygens (including phenoxy) is 1. The van der Waals surface area contributed by atoms with Crippen LogP contribution in [-0.2, 0) is 14.8 Å². The highest BCUT2D eigenvalue weighted by molar-refractivity contribution is 7.89. The van der Waals surface area contributed by atoms with Gasteiger partial charge in [-0.3, -0.25) is 0 Å². The lowest BCUT2D eigenvalue weighted by Gasteiger charge is -2.24. The van der Waals surface area contributed by atoms with Crippen LogP contribution in [0.1, 0.15) is 12.8 Å². The molecule has 0 aromatic rings. The molecule has 5 nitrogen and oxygen atoms in total. The molecule has 2 aliphatic heterocycles. The maximum atomic E-state index is 12.0. The Balaban J connectivity index is 1.96. The second-order valence-electron chi connectivity index (χ2n) is 4.59. The SMILES string of the molecule is COCCS(=O)(=O)N1CC2CCCNC2C1. The molecule has 2 aliphatic rings. The van der Waals surface area contributed by atoms with Gasteiger partial charge in [-0.25, -0.2) is 8.42 Å². The quantitative estimate of drug-likeness (QED) is 0.738. The Bertz CT molecular complexity index is 317. The number of methoxy groups -OCH3 is 1. The Kier molecular flexibility index (Phi) is 3.84. The van der Waals surface area contributed by atoms with Crippen LogP contribution in [0.2, 0.25) is 0 Å². The molecule has 2 atom stereocenters. The van der Waals surface area contributed by atoms with Gasteiger partial charge in [-0.15, -0.1) is 0 Å². The monoisotopic (exact) mass is 248 g/mol. The first-order valence-corrected chi connectivity index (χ1v) is 7.44. The zero-order valence-corrected chi connectivity index (χ0v) is 10.5. The molecule has 94 valence electrons. The molecule has 0 saturated carbocycles. The summed E-state index contributed by atoms with van der Waals surface area (Å²) >= 11 is 0. The summed E-state index contributed by atoms with van der Waals surface area (Å²) in [5.41, 5.74) is 0. The zero-order chi connectivity index (χ0) is 11.6. The van der Waals surface area contributed by atoms with Gasteiger partial charge < -0.3 is 10.1 Å². The van der Waals surface area contributed by atoms with Gasteiger partial charge in [0.25, 0.3) is 0 Å². The van der Waals surface area contributed by atoms with Crippen LogP contribution in [-0.4, -0.2) is 57.9 Å². The van der Waals surface area contributed by atoms with E-state index in [0.29, 0.717) is 25.0 Å². The van der Waals surface area contributed by atoms with Crippen LogP contribution in [0.4, 0.5) is 0 Å². The van der Waals surface area contributed by atoms with E-state index in [1.807, 2.05) is 0 Å². The minimum absolute atomic E-state index is 0.100. The Hall–Kier alpha value is -0.170. The van der Waals surface area contributed by atoms with E-state index in [4.69, 9.17) is 4.74 Å². The van der Waals surface area contributed by atoms with Gasteiger partial charge in [0.1, 0.15) is 0 Å². The molecule has 0 aliphatic carbocycles. The van der Waals surface area contributed by atoms with Crippen LogP contribution in [0.5, 0.6) is 0 Å². The van der Waals surface area contributed by atoms with E-state index < -0.39 is 10.0 Å². The van der Waals surface area contributed by atoms with Gasteiger partial charge in [0.05, 0.1) is 12.4 Å². The summed E-state index contributed by atoms with van der Waals surface area (Å²) in [5, 5.41) is 3.40. The smallest absolute Gasteiger partial charge is 0.216 e. The minimum Gasteiger partial charge on any atom is -0.384 e. The number of hydrogen-bond acceptors (Lipinski definition) is 4. The molecule has 2 saturated heterocycles. The van der Waals surface area contributed by atoms with Gasteiger partial charge in [-0.05, 0) is 25.3 Å². The summed E-state index contributed by atoms with van der Waals surface area (Å²) in [7, 11) is -1.58. The standard InChI is InChI=1S/C10H20N2O3S/c1-15-5-6-16(13,14)12-7-9-3-2-4-11-10(9)8-12/h9-11H,2-8H2,1H3. The lowest BCUT2D eigenvalue weighted by molar-refractivity contribution is 0.215. The van der Waals surface area contributed by atoms with E-state index in [1.54, 1.807) is 4.31 Å². The molecule has 1 N–H and O–H groups in total. The van der Waals surface area contributed by atoms with Crippen molar-refractivity contribution in [2.45, 2.75) is 18.9 Å². The molecule has 2 heterocycles. The summed E-state index contributed by atoms with van der Waals surface area (Å²) in [4.78, 5) is 0. The molecule has 0 bridgehead atoms. The average molecular weight is 248 g/mol. The van der Waals surface area contributed by atoms with Crippen molar-refractivity contribution in [1.29, 1.82) is 0 Å². The highest BCUT2D eigenvalue weighted by Gasteiger charge is 2.39. The van der Waals surface area contributed by atoms with Crippen LogP contribution in [0, 0.1) is 5.92 Å². The van der Waals surface area contributed by atoms with Gasteiger partial charge in [0.2, 0.25) is 10.0 Å². The summed E-state index contributed by atoms with van der Waals surface area (Å²) in [6, 6.07) is 0.367.